The van der Waals surface area contributed by atoms with Crippen molar-refractivity contribution in [3.05, 3.63) is 40.9 Å². The predicted octanol–water partition coefficient (Wildman–Crippen LogP) is 3.03. The molecule has 3 rings (SSSR count). The van der Waals surface area contributed by atoms with Crippen molar-refractivity contribution < 1.29 is 8.42 Å². The van der Waals surface area contributed by atoms with Crippen molar-refractivity contribution in [2.75, 3.05) is 22.7 Å². The van der Waals surface area contributed by atoms with Gasteiger partial charge in [-0.3, -0.25) is 4.72 Å². The van der Waals surface area contributed by atoms with Gasteiger partial charge in [0, 0.05) is 17.6 Å². The van der Waals surface area contributed by atoms with Gasteiger partial charge in [0.1, 0.15) is 0 Å². The van der Waals surface area contributed by atoms with Gasteiger partial charge in [0.05, 0.1) is 4.90 Å². The average Bonchev–Trinajstić information content (AvgIpc) is 2.56. The highest BCUT2D eigenvalue weighted by atomic mass is 79.9. The molecule has 2 heterocycles. The Morgan fingerprint density at radius 2 is 1.65 bits per heavy atom. The van der Waals surface area contributed by atoms with Crippen LogP contribution in [0.1, 0.15) is 19.3 Å². The van der Waals surface area contributed by atoms with Gasteiger partial charge in [0.15, 0.2) is 11.6 Å². The summed E-state index contributed by atoms with van der Waals surface area (Å²) >= 11 is 3.28. The Hall–Kier alpha value is -1.67. The van der Waals surface area contributed by atoms with Crippen LogP contribution in [0.4, 0.5) is 11.6 Å². The van der Waals surface area contributed by atoms with Gasteiger partial charge in [-0.05, 0) is 55.7 Å². The second kappa shape index (κ2) is 6.84. The first-order valence-corrected chi connectivity index (χ1v) is 9.69. The van der Waals surface area contributed by atoms with Crippen LogP contribution in [0, 0.1) is 0 Å². The van der Waals surface area contributed by atoms with Gasteiger partial charge in [-0.15, -0.1) is 10.2 Å². The van der Waals surface area contributed by atoms with Crippen molar-refractivity contribution in [2.24, 2.45) is 0 Å². The molecule has 1 saturated heterocycles. The van der Waals surface area contributed by atoms with Crippen LogP contribution >= 0.6 is 15.9 Å². The lowest BCUT2D eigenvalue weighted by molar-refractivity contribution is 0.571. The Morgan fingerprint density at radius 3 is 2.26 bits per heavy atom. The second-order valence-electron chi connectivity index (χ2n) is 5.38. The van der Waals surface area contributed by atoms with E-state index in [0.717, 1.165) is 36.2 Å². The van der Waals surface area contributed by atoms with Crippen LogP contribution in [0.15, 0.2) is 45.8 Å². The number of piperidine rings is 1. The fourth-order valence-corrected chi connectivity index (χ4v) is 3.74. The summed E-state index contributed by atoms with van der Waals surface area (Å²) in [5.41, 5.74) is 0. The molecule has 2 aromatic rings. The van der Waals surface area contributed by atoms with E-state index < -0.39 is 10.0 Å². The minimum atomic E-state index is -3.65. The molecular weight excluding hydrogens is 380 g/mol. The summed E-state index contributed by atoms with van der Waals surface area (Å²) in [6, 6.07) is 9.87. The summed E-state index contributed by atoms with van der Waals surface area (Å²) < 4.78 is 27.9. The van der Waals surface area contributed by atoms with E-state index in [2.05, 4.69) is 35.7 Å². The van der Waals surface area contributed by atoms with Gasteiger partial charge in [-0.1, -0.05) is 15.9 Å². The molecule has 1 fully saturated rings. The van der Waals surface area contributed by atoms with E-state index in [-0.39, 0.29) is 10.7 Å². The zero-order valence-corrected chi connectivity index (χ0v) is 14.8. The Morgan fingerprint density at radius 1 is 0.957 bits per heavy atom. The van der Waals surface area contributed by atoms with E-state index in [9.17, 15) is 8.42 Å². The molecule has 1 aliphatic heterocycles. The number of rotatable bonds is 4. The van der Waals surface area contributed by atoms with E-state index in [0.29, 0.717) is 0 Å². The van der Waals surface area contributed by atoms with Gasteiger partial charge in [0.25, 0.3) is 10.0 Å². The lowest BCUT2D eigenvalue weighted by Gasteiger charge is -2.27. The fraction of sp³-hybridized carbons (Fsp3) is 0.333. The maximum atomic E-state index is 12.3. The molecule has 0 atom stereocenters. The number of nitrogens with one attached hydrogen (secondary N) is 1. The van der Waals surface area contributed by atoms with Gasteiger partial charge in [0.2, 0.25) is 0 Å². The molecule has 0 radical (unpaired) electrons. The monoisotopic (exact) mass is 396 g/mol. The number of sulfonamides is 1. The summed E-state index contributed by atoms with van der Waals surface area (Å²) in [5.74, 6) is 1.00. The Labute approximate surface area is 144 Å². The van der Waals surface area contributed by atoms with Crippen LogP contribution in [0.2, 0.25) is 0 Å². The third kappa shape index (κ3) is 4.00. The van der Waals surface area contributed by atoms with Crippen molar-refractivity contribution in [3.63, 3.8) is 0 Å². The maximum absolute atomic E-state index is 12.3. The van der Waals surface area contributed by atoms with Crippen molar-refractivity contribution in [2.45, 2.75) is 24.2 Å². The molecule has 122 valence electrons. The molecule has 23 heavy (non-hydrogen) atoms. The number of hydrogen-bond donors (Lipinski definition) is 1. The van der Waals surface area contributed by atoms with Crippen molar-refractivity contribution in [1.29, 1.82) is 0 Å². The smallest absolute Gasteiger partial charge is 0.263 e. The summed E-state index contributed by atoms with van der Waals surface area (Å²) in [5, 5.41) is 8.13. The SMILES string of the molecule is O=S(=O)(Nc1ccc(N2CCCCC2)nn1)c1ccc(Br)cc1. The van der Waals surface area contributed by atoms with E-state index in [4.69, 9.17) is 0 Å². The molecule has 8 heteroatoms. The highest BCUT2D eigenvalue weighted by Gasteiger charge is 2.16. The number of hydrogen-bond acceptors (Lipinski definition) is 5. The molecule has 1 aromatic heterocycles. The lowest BCUT2D eigenvalue weighted by Crippen LogP contribution is -2.30. The molecule has 1 aliphatic rings. The quantitative estimate of drug-likeness (QED) is 0.859. The third-order valence-corrected chi connectivity index (χ3v) is 5.59. The molecule has 0 spiro atoms. The summed E-state index contributed by atoms with van der Waals surface area (Å²) in [6.45, 7) is 1.94. The Balaban J connectivity index is 1.73. The summed E-state index contributed by atoms with van der Waals surface area (Å²) in [4.78, 5) is 2.35. The summed E-state index contributed by atoms with van der Waals surface area (Å²) in [7, 11) is -3.65. The molecule has 1 N–H and O–H groups in total. The molecule has 1 aromatic carbocycles. The highest BCUT2D eigenvalue weighted by Crippen LogP contribution is 2.20. The van der Waals surface area contributed by atoms with Gasteiger partial charge < -0.3 is 4.90 Å². The Bertz CT molecular complexity index is 757. The fourth-order valence-electron chi connectivity index (χ4n) is 2.48. The molecule has 0 aliphatic carbocycles. The zero-order valence-electron chi connectivity index (χ0n) is 12.4. The molecule has 0 unspecified atom stereocenters. The number of nitrogens with zero attached hydrogens (tertiary/aromatic N) is 3. The molecule has 0 amide bonds. The van der Waals surface area contributed by atoms with Crippen LogP contribution in [-0.2, 0) is 10.0 Å². The summed E-state index contributed by atoms with van der Waals surface area (Å²) in [6.07, 6.45) is 3.55. The largest absolute Gasteiger partial charge is 0.355 e. The average molecular weight is 397 g/mol. The van der Waals surface area contributed by atoms with Crippen molar-refractivity contribution in [3.8, 4) is 0 Å². The number of aromatic nitrogens is 2. The van der Waals surface area contributed by atoms with E-state index in [1.165, 1.54) is 18.6 Å². The number of anilines is 2. The topological polar surface area (TPSA) is 75.2 Å². The van der Waals surface area contributed by atoms with Crippen LogP contribution in [0.25, 0.3) is 0 Å². The van der Waals surface area contributed by atoms with Crippen molar-refractivity contribution >= 4 is 37.6 Å². The predicted molar refractivity (Wildman–Crippen MR) is 93.0 cm³/mol. The zero-order chi connectivity index (χ0) is 16.3. The minimum absolute atomic E-state index is 0.183. The Kier molecular flexibility index (Phi) is 4.82. The van der Waals surface area contributed by atoms with Gasteiger partial charge in [-0.2, -0.15) is 0 Å². The highest BCUT2D eigenvalue weighted by molar-refractivity contribution is 9.10. The molecule has 6 nitrogen and oxygen atoms in total. The minimum Gasteiger partial charge on any atom is -0.355 e. The first kappa shape index (κ1) is 16.2. The molecular formula is C15H17BrN4O2S. The lowest BCUT2D eigenvalue weighted by atomic mass is 10.1. The number of halogens is 1. The maximum Gasteiger partial charge on any atom is 0.263 e. The second-order valence-corrected chi connectivity index (χ2v) is 7.98. The first-order chi connectivity index (χ1) is 11.0. The first-order valence-electron chi connectivity index (χ1n) is 7.42. The molecule has 0 saturated carbocycles. The van der Waals surface area contributed by atoms with Gasteiger partial charge >= 0.3 is 0 Å². The normalized spacial score (nSPS) is 15.4. The van der Waals surface area contributed by atoms with Crippen molar-refractivity contribution in [1.82, 2.24) is 10.2 Å². The van der Waals surface area contributed by atoms with Crippen LogP contribution < -0.4 is 9.62 Å². The van der Waals surface area contributed by atoms with E-state index in [1.807, 2.05) is 0 Å². The van der Waals surface area contributed by atoms with Crippen LogP contribution in [0.5, 0.6) is 0 Å². The third-order valence-electron chi connectivity index (χ3n) is 3.69. The number of benzene rings is 1. The van der Waals surface area contributed by atoms with E-state index in [1.54, 1.807) is 24.3 Å². The van der Waals surface area contributed by atoms with Gasteiger partial charge in [-0.25, -0.2) is 8.42 Å². The standard InChI is InChI=1S/C15H17BrN4O2S/c16-12-4-6-13(7-5-12)23(21,22)19-14-8-9-15(18-17-14)20-10-2-1-3-11-20/h4-9H,1-3,10-11H2,(H,17,19). The molecule has 0 bridgehead atoms. The van der Waals surface area contributed by atoms with Crippen LogP contribution in [0.3, 0.4) is 0 Å². The van der Waals surface area contributed by atoms with Crippen LogP contribution in [-0.4, -0.2) is 31.7 Å². The van der Waals surface area contributed by atoms with E-state index >= 15 is 0 Å².